The number of amides is 1. The smallest absolute Gasteiger partial charge is 0.408 e. The highest BCUT2D eigenvalue weighted by Crippen LogP contribution is 2.21. The Morgan fingerprint density at radius 1 is 1.06 bits per heavy atom. The van der Waals surface area contributed by atoms with Crippen LogP contribution in [-0.2, 0) is 30.8 Å². The molecule has 0 aliphatic heterocycles. The van der Waals surface area contributed by atoms with Gasteiger partial charge in [0.2, 0.25) is 0 Å². The van der Waals surface area contributed by atoms with E-state index < -0.39 is 33.8 Å². The minimum absolute atomic E-state index is 0.0319. The molecule has 0 bridgehead atoms. The van der Waals surface area contributed by atoms with Crippen molar-refractivity contribution >= 4 is 22.2 Å². The van der Waals surface area contributed by atoms with Crippen molar-refractivity contribution in [1.29, 1.82) is 0 Å². The van der Waals surface area contributed by atoms with Gasteiger partial charge in [-0.1, -0.05) is 29.8 Å². The van der Waals surface area contributed by atoms with Crippen LogP contribution in [0.15, 0.2) is 53.4 Å². The zero-order valence-electron chi connectivity index (χ0n) is 18.9. The Balaban J connectivity index is 2.18. The Kier molecular flexibility index (Phi) is 8.26. The average Bonchev–Trinajstić information content (AvgIpc) is 2.66. The first-order chi connectivity index (χ1) is 14.9. The first-order valence-electron chi connectivity index (χ1n) is 10.2. The van der Waals surface area contributed by atoms with Crippen molar-refractivity contribution in [3.05, 3.63) is 59.7 Å². The van der Waals surface area contributed by atoms with Crippen LogP contribution >= 0.6 is 0 Å². The van der Waals surface area contributed by atoms with Crippen LogP contribution < -0.4 is 9.50 Å². The highest BCUT2D eigenvalue weighted by Gasteiger charge is 2.26. The van der Waals surface area contributed by atoms with Gasteiger partial charge in [0.1, 0.15) is 22.3 Å². The standard InChI is InChI=1S/C23H29NO7S/c1-6-29-21(25)20(24-22(26)30-23(3,4)5)15-17-8-7-9-18(14-17)31-32(27,28)19-12-10-16(2)11-13-19/h7-14,20H,6,15H2,1-5H3,(H,24,26)/t20-/m0/s1. The molecule has 8 nitrogen and oxygen atoms in total. The van der Waals surface area contributed by atoms with E-state index in [0.29, 0.717) is 5.56 Å². The molecular formula is C23H29NO7S. The highest BCUT2D eigenvalue weighted by molar-refractivity contribution is 7.87. The fraction of sp³-hybridized carbons (Fsp3) is 0.391. The van der Waals surface area contributed by atoms with Crippen molar-refractivity contribution in [3.63, 3.8) is 0 Å². The number of benzene rings is 2. The summed E-state index contributed by atoms with van der Waals surface area (Å²) in [5.74, 6) is -0.542. The third kappa shape index (κ3) is 7.88. The summed E-state index contributed by atoms with van der Waals surface area (Å²) in [7, 11) is -4.02. The van der Waals surface area contributed by atoms with E-state index in [4.69, 9.17) is 13.7 Å². The van der Waals surface area contributed by atoms with Crippen LogP contribution in [-0.4, -0.2) is 38.7 Å². The molecule has 0 heterocycles. The van der Waals surface area contributed by atoms with Gasteiger partial charge < -0.3 is 19.0 Å². The number of aryl methyl sites for hydroxylation is 1. The van der Waals surface area contributed by atoms with Crippen LogP contribution in [0, 0.1) is 6.92 Å². The lowest BCUT2D eigenvalue weighted by Crippen LogP contribution is -2.45. The molecule has 1 amide bonds. The van der Waals surface area contributed by atoms with Gasteiger partial charge in [-0.3, -0.25) is 0 Å². The van der Waals surface area contributed by atoms with Gasteiger partial charge in [-0.25, -0.2) is 9.59 Å². The van der Waals surface area contributed by atoms with Crippen LogP contribution in [0.25, 0.3) is 0 Å². The maximum Gasteiger partial charge on any atom is 0.408 e. The number of nitrogens with one attached hydrogen (secondary N) is 1. The van der Waals surface area contributed by atoms with Gasteiger partial charge in [-0.15, -0.1) is 0 Å². The molecule has 1 atom stereocenters. The number of hydrogen-bond donors (Lipinski definition) is 1. The normalized spacial score (nSPS) is 12.5. The molecule has 0 fully saturated rings. The van der Waals surface area contributed by atoms with E-state index in [9.17, 15) is 18.0 Å². The van der Waals surface area contributed by atoms with E-state index in [1.165, 1.54) is 24.3 Å². The van der Waals surface area contributed by atoms with Gasteiger partial charge in [0, 0.05) is 6.42 Å². The zero-order valence-corrected chi connectivity index (χ0v) is 19.7. The monoisotopic (exact) mass is 463 g/mol. The van der Waals surface area contributed by atoms with Crippen molar-refractivity contribution in [3.8, 4) is 5.75 Å². The number of alkyl carbamates (subject to hydrolysis) is 1. The van der Waals surface area contributed by atoms with E-state index in [0.717, 1.165) is 5.56 Å². The zero-order chi connectivity index (χ0) is 23.9. The summed E-state index contributed by atoms with van der Waals surface area (Å²) in [4.78, 5) is 24.5. The number of ether oxygens (including phenoxy) is 2. The molecule has 2 aromatic carbocycles. The average molecular weight is 464 g/mol. The molecule has 0 radical (unpaired) electrons. The molecule has 0 aromatic heterocycles. The molecular weight excluding hydrogens is 434 g/mol. The van der Waals surface area contributed by atoms with Gasteiger partial charge in [-0.2, -0.15) is 8.42 Å². The Morgan fingerprint density at radius 2 is 1.72 bits per heavy atom. The summed E-state index contributed by atoms with van der Waals surface area (Å²) in [6.45, 7) is 8.78. The predicted molar refractivity (Wildman–Crippen MR) is 119 cm³/mol. The maximum absolute atomic E-state index is 12.5. The van der Waals surface area contributed by atoms with Crippen molar-refractivity contribution < 1.29 is 31.7 Å². The number of rotatable bonds is 8. The second-order valence-corrected chi connectivity index (χ2v) is 9.70. The molecule has 0 saturated carbocycles. The van der Waals surface area contributed by atoms with Crippen molar-refractivity contribution in [1.82, 2.24) is 5.32 Å². The third-order valence-corrected chi connectivity index (χ3v) is 5.38. The summed E-state index contributed by atoms with van der Waals surface area (Å²) in [5, 5.41) is 2.51. The molecule has 0 aliphatic carbocycles. The molecule has 174 valence electrons. The van der Waals surface area contributed by atoms with Crippen LogP contribution in [0.5, 0.6) is 5.75 Å². The second-order valence-electron chi connectivity index (χ2n) is 8.15. The second kappa shape index (κ2) is 10.5. The molecule has 9 heteroatoms. The van der Waals surface area contributed by atoms with E-state index in [-0.39, 0.29) is 23.7 Å². The molecule has 0 spiro atoms. The van der Waals surface area contributed by atoms with E-state index in [1.54, 1.807) is 52.0 Å². The molecule has 32 heavy (non-hydrogen) atoms. The van der Waals surface area contributed by atoms with Gasteiger partial charge in [0.15, 0.2) is 0 Å². The molecule has 2 aromatic rings. The lowest BCUT2D eigenvalue weighted by atomic mass is 10.1. The first kappa shape index (κ1) is 25.2. The summed E-state index contributed by atoms with van der Waals surface area (Å²) in [5.41, 5.74) is 0.755. The Hall–Kier alpha value is -3.07. The van der Waals surface area contributed by atoms with E-state index >= 15 is 0 Å². The van der Waals surface area contributed by atoms with E-state index in [2.05, 4.69) is 5.32 Å². The number of carbonyl (C=O) groups is 2. The van der Waals surface area contributed by atoms with Gasteiger partial charge in [0.25, 0.3) is 0 Å². The van der Waals surface area contributed by atoms with Crippen LogP contribution in [0.4, 0.5) is 4.79 Å². The summed E-state index contributed by atoms with van der Waals surface area (Å²) >= 11 is 0. The van der Waals surface area contributed by atoms with E-state index in [1.807, 2.05) is 6.92 Å². The number of carbonyl (C=O) groups excluding carboxylic acids is 2. The van der Waals surface area contributed by atoms with Crippen molar-refractivity contribution in [2.75, 3.05) is 6.61 Å². The predicted octanol–water partition coefficient (Wildman–Crippen LogP) is 3.76. The first-order valence-corrected chi connectivity index (χ1v) is 11.6. The largest absolute Gasteiger partial charge is 0.464 e. The fourth-order valence-electron chi connectivity index (χ4n) is 2.73. The molecule has 0 unspecified atom stereocenters. The molecule has 2 rings (SSSR count). The summed E-state index contributed by atoms with van der Waals surface area (Å²) < 4.78 is 40.6. The van der Waals surface area contributed by atoms with Gasteiger partial charge >= 0.3 is 22.2 Å². The molecule has 0 saturated heterocycles. The van der Waals surface area contributed by atoms with Crippen LogP contribution in [0.2, 0.25) is 0 Å². The topological polar surface area (TPSA) is 108 Å². The minimum atomic E-state index is -4.02. The van der Waals surface area contributed by atoms with Crippen LogP contribution in [0.1, 0.15) is 38.8 Å². The SMILES string of the molecule is CCOC(=O)[C@H](Cc1cccc(OS(=O)(=O)c2ccc(C)cc2)c1)NC(=O)OC(C)(C)C. The lowest BCUT2D eigenvalue weighted by Gasteiger charge is -2.23. The lowest BCUT2D eigenvalue weighted by molar-refractivity contribution is -0.145. The number of hydrogen-bond acceptors (Lipinski definition) is 7. The minimum Gasteiger partial charge on any atom is -0.464 e. The Labute approximate surface area is 189 Å². The van der Waals surface area contributed by atoms with Crippen molar-refractivity contribution in [2.24, 2.45) is 0 Å². The van der Waals surface area contributed by atoms with Gasteiger partial charge in [0.05, 0.1) is 6.61 Å². The maximum atomic E-state index is 12.5. The van der Waals surface area contributed by atoms with Crippen molar-refractivity contribution in [2.45, 2.75) is 57.6 Å². The number of esters is 1. The van der Waals surface area contributed by atoms with Gasteiger partial charge in [-0.05, 0) is 64.4 Å². The molecule has 1 N–H and O–H groups in total. The third-order valence-electron chi connectivity index (χ3n) is 4.12. The Bertz CT molecular complexity index is 1040. The fourth-order valence-corrected chi connectivity index (χ4v) is 3.65. The quantitative estimate of drug-likeness (QED) is 0.469. The molecule has 0 aliphatic rings. The Morgan fingerprint density at radius 3 is 2.31 bits per heavy atom. The highest BCUT2D eigenvalue weighted by atomic mass is 32.2. The summed E-state index contributed by atoms with van der Waals surface area (Å²) in [6, 6.07) is 11.6. The van der Waals surface area contributed by atoms with Crippen LogP contribution in [0.3, 0.4) is 0 Å². The summed E-state index contributed by atoms with van der Waals surface area (Å²) in [6.07, 6.45) is -0.704.